The second-order valence-electron chi connectivity index (χ2n) is 6.48. The predicted molar refractivity (Wildman–Crippen MR) is 105 cm³/mol. The highest BCUT2D eigenvalue weighted by Crippen LogP contribution is 2.31. The van der Waals surface area contributed by atoms with Crippen molar-refractivity contribution >= 4 is 17.5 Å². The Hall–Kier alpha value is -2.63. The van der Waals surface area contributed by atoms with E-state index in [9.17, 15) is 9.90 Å². The van der Waals surface area contributed by atoms with Crippen LogP contribution in [0.4, 0.5) is 0 Å². The number of halogens is 1. The first-order chi connectivity index (χ1) is 13.0. The maximum atomic E-state index is 12.8. The molecule has 0 aliphatic rings. The Balaban J connectivity index is 1.75. The monoisotopic (exact) mass is 384 g/mol. The largest absolute Gasteiger partial charge is 0.388 e. The molecular weight excluding hydrogens is 364 g/mol. The Labute approximate surface area is 163 Å². The lowest BCUT2D eigenvalue weighted by Crippen LogP contribution is -2.34. The number of hydrogen-bond acceptors (Lipinski definition) is 4. The second kappa shape index (κ2) is 8.37. The van der Waals surface area contributed by atoms with Crippen LogP contribution < -0.4 is 5.32 Å². The van der Waals surface area contributed by atoms with Crippen LogP contribution in [0.2, 0.25) is 5.02 Å². The molecule has 0 saturated heterocycles. The van der Waals surface area contributed by atoms with E-state index in [0.717, 1.165) is 5.56 Å². The first kappa shape index (κ1) is 19.1. The van der Waals surface area contributed by atoms with Crippen molar-refractivity contribution < 1.29 is 14.4 Å². The van der Waals surface area contributed by atoms with Crippen molar-refractivity contribution in [3.05, 3.63) is 76.5 Å². The smallest absolute Gasteiger partial charge is 0.257 e. The van der Waals surface area contributed by atoms with Gasteiger partial charge in [0.25, 0.3) is 5.91 Å². The Morgan fingerprint density at radius 1 is 1.19 bits per heavy atom. The minimum absolute atomic E-state index is 0.249. The highest BCUT2D eigenvalue weighted by molar-refractivity contribution is 6.33. The maximum Gasteiger partial charge on any atom is 0.257 e. The molecule has 2 N–H and O–H groups in total. The van der Waals surface area contributed by atoms with Crippen LogP contribution in [0.15, 0.2) is 59.1 Å². The summed E-state index contributed by atoms with van der Waals surface area (Å²) in [5.74, 6) is 0.106. The molecule has 0 aliphatic heterocycles. The van der Waals surface area contributed by atoms with Gasteiger partial charge in [-0.05, 0) is 31.9 Å². The van der Waals surface area contributed by atoms with E-state index in [1.165, 1.54) is 0 Å². The SMILES string of the molecule is Cc1onc(-c2ccccc2Cl)c1C(=O)NC(C)CC(O)c1ccccc1. The van der Waals surface area contributed by atoms with Crippen molar-refractivity contribution in [2.24, 2.45) is 0 Å². The molecule has 0 fully saturated rings. The molecule has 2 atom stereocenters. The van der Waals surface area contributed by atoms with Gasteiger partial charge in [-0.2, -0.15) is 0 Å². The third-order valence-corrected chi connectivity index (χ3v) is 4.69. The molecule has 0 bridgehead atoms. The van der Waals surface area contributed by atoms with Gasteiger partial charge in [-0.3, -0.25) is 4.79 Å². The van der Waals surface area contributed by atoms with Gasteiger partial charge in [-0.15, -0.1) is 0 Å². The molecule has 0 aliphatic carbocycles. The first-order valence-electron chi connectivity index (χ1n) is 8.72. The molecule has 5 nitrogen and oxygen atoms in total. The van der Waals surface area contributed by atoms with Gasteiger partial charge in [-0.1, -0.05) is 65.3 Å². The van der Waals surface area contributed by atoms with E-state index >= 15 is 0 Å². The first-order valence-corrected chi connectivity index (χ1v) is 9.10. The Bertz CT molecular complexity index is 924. The number of nitrogens with zero attached hydrogens (tertiary/aromatic N) is 1. The number of aliphatic hydroxyl groups is 1. The standard InChI is InChI=1S/C21H21ClN2O3/c1-13(12-18(25)15-8-4-3-5-9-15)23-21(26)19-14(2)27-24-20(19)16-10-6-7-11-17(16)22/h3-11,13,18,25H,12H2,1-2H3,(H,23,26). The van der Waals surface area contributed by atoms with Crippen LogP contribution in [0.3, 0.4) is 0 Å². The lowest BCUT2D eigenvalue weighted by atomic mass is 10.0. The Kier molecular flexibility index (Phi) is 5.94. The summed E-state index contributed by atoms with van der Waals surface area (Å²) in [6.07, 6.45) is -0.269. The number of nitrogens with one attached hydrogen (secondary N) is 1. The summed E-state index contributed by atoms with van der Waals surface area (Å²) in [6.45, 7) is 3.54. The van der Waals surface area contributed by atoms with Crippen LogP contribution in [-0.2, 0) is 0 Å². The predicted octanol–water partition coefficient (Wildman–Crippen LogP) is 4.55. The molecule has 27 heavy (non-hydrogen) atoms. The van der Waals surface area contributed by atoms with Gasteiger partial charge in [0, 0.05) is 11.6 Å². The number of aliphatic hydroxyl groups excluding tert-OH is 1. The van der Waals surface area contributed by atoms with E-state index in [1.54, 1.807) is 19.1 Å². The van der Waals surface area contributed by atoms with Crippen molar-refractivity contribution in [2.75, 3.05) is 0 Å². The van der Waals surface area contributed by atoms with Crippen molar-refractivity contribution in [3.8, 4) is 11.3 Å². The van der Waals surface area contributed by atoms with Crippen LogP contribution >= 0.6 is 11.6 Å². The quantitative estimate of drug-likeness (QED) is 0.654. The van der Waals surface area contributed by atoms with Gasteiger partial charge in [0.05, 0.1) is 11.1 Å². The molecule has 1 aromatic heterocycles. The summed E-state index contributed by atoms with van der Waals surface area (Å²) in [6, 6.07) is 16.3. The Morgan fingerprint density at radius 2 is 1.85 bits per heavy atom. The molecule has 2 aromatic carbocycles. The fourth-order valence-corrected chi connectivity index (χ4v) is 3.20. The van der Waals surface area contributed by atoms with Gasteiger partial charge in [0.15, 0.2) is 0 Å². The number of amides is 1. The van der Waals surface area contributed by atoms with Gasteiger partial charge in [0.2, 0.25) is 0 Å². The van der Waals surface area contributed by atoms with E-state index in [4.69, 9.17) is 16.1 Å². The van der Waals surface area contributed by atoms with E-state index in [2.05, 4.69) is 10.5 Å². The minimum atomic E-state index is -0.659. The molecule has 1 heterocycles. The summed E-state index contributed by atoms with van der Waals surface area (Å²) >= 11 is 6.24. The molecular formula is C21H21ClN2O3. The Morgan fingerprint density at radius 3 is 2.56 bits per heavy atom. The van der Waals surface area contributed by atoms with Crippen LogP contribution in [0, 0.1) is 6.92 Å². The summed E-state index contributed by atoms with van der Waals surface area (Å²) in [4.78, 5) is 12.8. The van der Waals surface area contributed by atoms with E-state index < -0.39 is 6.10 Å². The number of rotatable bonds is 6. The normalized spacial score (nSPS) is 13.2. The van der Waals surface area contributed by atoms with Gasteiger partial charge < -0.3 is 14.9 Å². The van der Waals surface area contributed by atoms with E-state index in [0.29, 0.717) is 34.0 Å². The summed E-state index contributed by atoms with van der Waals surface area (Å²) < 4.78 is 5.24. The summed E-state index contributed by atoms with van der Waals surface area (Å²) in [5.41, 5.74) is 2.21. The zero-order valence-electron chi connectivity index (χ0n) is 15.1. The fraction of sp³-hybridized carbons (Fsp3) is 0.238. The number of benzene rings is 2. The number of aryl methyl sites for hydroxylation is 1. The lowest BCUT2D eigenvalue weighted by Gasteiger charge is -2.18. The third kappa shape index (κ3) is 4.38. The molecule has 0 spiro atoms. The second-order valence-corrected chi connectivity index (χ2v) is 6.89. The number of carbonyl (C=O) groups excluding carboxylic acids is 1. The van der Waals surface area contributed by atoms with Crippen molar-refractivity contribution in [3.63, 3.8) is 0 Å². The zero-order chi connectivity index (χ0) is 19.4. The van der Waals surface area contributed by atoms with Crippen LogP contribution in [0.1, 0.15) is 41.1 Å². The molecule has 3 rings (SSSR count). The zero-order valence-corrected chi connectivity index (χ0v) is 15.9. The lowest BCUT2D eigenvalue weighted by molar-refractivity contribution is 0.0916. The molecule has 1 amide bonds. The number of hydrogen-bond donors (Lipinski definition) is 2. The van der Waals surface area contributed by atoms with E-state index in [1.807, 2.05) is 49.4 Å². The minimum Gasteiger partial charge on any atom is -0.388 e. The molecule has 6 heteroatoms. The average molecular weight is 385 g/mol. The highest BCUT2D eigenvalue weighted by atomic mass is 35.5. The van der Waals surface area contributed by atoms with Gasteiger partial charge in [0.1, 0.15) is 17.0 Å². The molecule has 2 unspecified atom stereocenters. The van der Waals surface area contributed by atoms with Gasteiger partial charge >= 0.3 is 0 Å². The fourth-order valence-electron chi connectivity index (χ4n) is 2.98. The topological polar surface area (TPSA) is 75.4 Å². The molecule has 3 aromatic rings. The van der Waals surface area contributed by atoms with Crippen LogP contribution in [0.5, 0.6) is 0 Å². The van der Waals surface area contributed by atoms with Gasteiger partial charge in [-0.25, -0.2) is 0 Å². The van der Waals surface area contributed by atoms with E-state index in [-0.39, 0.29) is 11.9 Å². The third-order valence-electron chi connectivity index (χ3n) is 4.36. The molecule has 0 saturated carbocycles. The average Bonchev–Trinajstić information content (AvgIpc) is 3.04. The van der Waals surface area contributed by atoms with Crippen LogP contribution in [-0.4, -0.2) is 22.2 Å². The van der Waals surface area contributed by atoms with Crippen molar-refractivity contribution in [1.29, 1.82) is 0 Å². The number of aromatic nitrogens is 1. The number of carbonyl (C=O) groups is 1. The maximum absolute atomic E-state index is 12.8. The van der Waals surface area contributed by atoms with Crippen molar-refractivity contribution in [1.82, 2.24) is 10.5 Å². The summed E-state index contributed by atoms with van der Waals surface area (Å²) in [7, 11) is 0. The molecule has 140 valence electrons. The van der Waals surface area contributed by atoms with Crippen LogP contribution in [0.25, 0.3) is 11.3 Å². The van der Waals surface area contributed by atoms with Crippen molar-refractivity contribution in [2.45, 2.75) is 32.4 Å². The molecule has 0 radical (unpaired) electrons. The highest BCUT2D eigenvalue weighted by Gasteiger charge is 2.24. The summed E-state index contributed by atoms with van der Waals surface area (Å²) in [5, 5.41) is 17.8.